The highest BCUT2D eigenvalue weighted by atomic mass is 19.4. The second-order valence-electron chi connectivity index (χ2n) is 3.95. The number of carbonyl (C=O) groups is 1. The van der Waals surface area contributed by atoms with E-state index < -0.39 is 29.9 Å². The fourth-order valence-electron chi connectivity index (χ4n) is 1.17. The van der Waals surface area contributed by atoms with E-state index in [1.807, 2.05) is 0 Å². The molecule has 0 saturated heterocycles. The molecule has 102 valence electrons. The van der Waals surface area contributed by atoms with Gasteiger partial charge in [-0.25, -0.2) is 8.78 Å². The monoisotopic (exact) mass is 276 g/mol. The number of Topliss-reactive ketones (excluding diaryl/α,β-unsaturated/α-hetero) is 1. The Morgan fingerprint density at radius 2 is 1.63 bits per heavy atom. The third kappa shape index (κ3) is 5.08. The fourth-order valence-corrected chi connectivity index (χ4v) is 1.17. The molecule has 0 spiro atoms. The van der Waals surface area contributed by atoms with Crippen molar-refractivity contribution in [3.8, 4) is 11.8 Å². The Balaban J connectivity index is 2.81. The lowest BCUT2D eigenvalue weighted by atomic mass is 10.1. The molecule has 0 heterocycles. The first-order chi connectivity index (χ1) is 8.59. The van der Waals surface area contributed by atoms with Crippen molar-refractivity contribution in [2.45, 2.75) is 25.4 Å². The lowest BCUT2D eigenvalue weighted by molar-refractivity contribution is -0.0885. The van der Waals surface area contributed by atoms with Crippen LogP contribution in [-0.4, -0.2) is 17.9 Å². The molecule has 0 bridgehead atoms. The molecule has 0 radical (unpaired) electrons. The van der Waals surface area contributed by atoms with Crippen LogP contribution in [0.15, 0.2) is 24.3 Å². The Hall–Kier alpha value is -1.90. The third-order valence-corrected chi connectivity index (χ3v) is 2.04. The van der Waals surface area contributed by atoms with E-state index in [1.54, 1.807) is 0 Å². The van der Waals surface area contributed by atoms with Crippen molar-refractivity contribution in [1.82, 2.24) is 0 Å². The van der Waals surface area contributed by atoms with Gasteiger partial charge in [0.15, 0.2) is 0 Å². The molecule has 6 heteroatoms. The van der Waals surface area contributed by atoms with Crippen molar-refractivity contribution in [1.29, 1.82) is 0 Å². The molecular formula is C13H9F5O. The summed E-state index contributed by atoms with van der Waals surface area (Å²) in [4.78, 5) is 10.9. The average molecular weight is 276 g/mol. The van der Waals surface area contributed by atoms with Gasteiger partial charge in [0.1, 0.15) is 0 Å². The van der Waals surface area contributed by atoms with Crippen LogP contribution in [0.1, 0.15) is 29.3 Å². The third-order valence-electron chi connectivity index (χ3n) is 2.04. The Morgan fingerprint density at radius 3 is 2.05 bits per heavy atom. The Morgan fingerprint density at radius 1 is 1.11 bits per heavy atom. The molecule has 19 heavy (non-hydrogen) atoms. The van der Waals surface area contributed by atoms with Gasteiger partial charge < -0.3 is 0 Å². The van der Waals surface area contributed by atoms with E-state index in [9.17, 15) is 26.7 Å². The lowest BCUT2D eigenvalue weighted by Gasteiger charge is -2.04. The maximum absolute atomic E-state index is 12.5. The van der Waals surface area contributed by atoms with Gasteiger partial charge in [-0.05, 0) is 24.3 Å². The zero-order chi connectivity index (χ0) is 14.7. The molecule has 1 nitrogen and oxygen atoms in total. The Kier molecular flexibility index (Phi) is 4.30. The quantitative estimate of drug-likeness (QED) is 0.456. The van der Waals surface area contributed by atoms with Gasteiger partial charge in [0, 0.05) is 18.1 Å². The number of ketones is 1. The first-order valence-electron chi connectivity index (χ1n) is 5.18. The average Bonchev–Trinajstić information content (AvgIpc) is 2.26. The normalized spacial score (nSPS) is 11.7. The number of halogens is 5. The molecular weight excluding hydrogens is 267 g/mol. The summed E-state index contributed by atoms with van der Waals surface area (Å²) in [5, 5.41) is 0. The van der Waals surface area contributed by atoms with Crippen molar-refractivity contribution in [2.24, 2.45) is 0 Å². The van der Waals surface area contributed by atoms with Crippen molar-refractivity contribution in [3.05, 3.63) is 35.4 Å². The van der Waals surface area contributed by atoms with Gasteiger partial charge in [-0.15, -0.1) is 0 Å². The van der Waals surface area contributed by atoms with Crippen molar-refractivity contribution >= 4 is 5.78 Å². The number of hydrogen-bond donors (Lipinski definition) is 0. The van der Waals surface area contributed by atoms with Crippen LogP contribution in [0.5, 0.6) is 0 Å². The van der Waals surface area contributed by atoms with Gasteiger partial charge in [0.05, 0.1) is 6.42 Å². The summed E-state index contributed by atoms with van der Waals surface area (Å²) in [7, 11) is 0. The van der Waals surface area contributed by atoms with Crippen molar-refractivity contribution < 1.29 is 26.7 Å². The van der Waals surface area contributed by atoms with E-state index >= 15 is 0 Å². The van der Waals surface area contributed by atoms with Crippen LogP contribution in [-0.2, 0) is 0 Å². The number of hydrogen-bond acceptors (Lipinski definition) is 1. The molecule has 0 amide bonds. The van der Waals surface area contributed by atoms with Crippen LogP contribution >= 0.6 is 0 Å². The van der Waals surface area contributed by atoms with Crippen molar-refractivity contribution in [2.75, 3.05) is 0 Å². The van der Waals surface area contributed by atoms with Crippen molar-refractivity contribution in [3.63, 3.8) is 0 Å². The molecule has 0 aromatic heterocycles. The number of benzene rings is 1. The van der Waals surface area contributed by atoms with Crippen LogP contribution < -0.4 is 0 Å². The van der Waals surface area contributed by atoms with Gasteiger partial charge in [-0.3, -0.25) is 4.79 Å². The van der Waals surface area contributed by atoms with Crippen LogP contribution in [0.25, 0.3) is 0 Å². The topological polar surface area (TPSA) is 17.1 Å². The van der Waals surface area contributed by atoms with E-state index in [4.69, 9.17) is 0 Å². The smallest absolute Gasteiger partial charge is 0.284 e. The highest BCUT2D eigenvalue weighted by molar-refractivity contribution is 6.00. The minimum Gasteiger partial charge on any atom is -0.284 e. The maximum atomic E-state index is 12.5. The molecule has 1 aromatic carbocycles. The Bertz CT molecular complexity index is 511. The van der Waals surface area contributed by atoms with E-state index in [2.05, 4.69) is 11.8 Å². The molecule has 0 unspecified atom stereocenters. The fraction of sp³-hybridized carbons (Fsp3) is 0.308. The molecule has 0 saturated carbocycles. The predicted molar refractivity (Wildman–Crippen MR) is 58.9 cm³/mol. The highest BCUT2D eigenvalue weighted by Gasteiger charge is 2.39. The molecule has 0 fully saturated rings. The summed E-state index contributed by atoms with van der Waals surface area (Å²) in [6, 6.07) is 4.29. The number of alkyl halides is 5. The van der Waals surface area contributed by atoms with Crippen LogP contribution in [0, 0.1) is 11.8 Å². The molecule has 0 atom stereocenters. The largest absolute Gasteiger partial charge is 0.454 e. The highest BCUT2D eigenvalue weighted by Crippen LogP contribution is 2.21. The van der Waals surface area contributed by atoms with Gasteiger partial charge in [0.25, 0.3) is 11.7 Å². The molecule has 0 aliphatic rings. The standard InChI is InChI=1S/C13H9F5O/c1-12(14,15)8-2-3-9-4-6-10(7-5-9)11(19)13(16,17)18/h4-7H,8H2,1H3. The summed E-state index contributed by atoms with van der Waals surface area (Å²) in [5.74, 6) is -0.272. The van der Waals surface area contributed by atoms with E-state index in [1.165, 1.54) is 12.1 Å². The molecule has 1 aromatic rings. The Labute approximate surface area is 106 Å². The summed E-state index contributed by atoms with van der Waals surface area (Å²) < 4.78 is 61.2. The minimum absolute atomic E-state index is 0.267. The molecule has 0 N–H and O–H groups in total. The second-order valence-corrected chi connectivity index (χ2v) is 3.95. The summed E-state index contributed by atoms with van der Waals surface area (Å²) in [5.41, 5.74) is -0.248. The van der Waals surface area contributed by atoms with E-state index in [-0.39, 0.29) is 5.56 Å². The molecule has 1 rings (SSSR count). The summed E-state index contributed by atoms with van der Waals surface area (Å²) in [6.07, 6.45) is -5.58. The van der Waals surface area contributed by atoms with Crippen LogP contribution in [0.2, 0.25) is 0 Å². The second kappa shape index (κ2) is 5.39. The maximum Gasteiger partial charge on any atom is 0.454 e. The zero-order valence-corrected chi connectivity index (χ0v) is 9.81. The molecule has 0 aliphatic heterocycles. The predicted octanol–water partition coefficient (Wildman–Crippen LogP) is 3.83. The first-order valence-corrected chi connectivity index (χ1v) is 5.18. The van der Waals surface area contributed by atoms with Gasteiger partial charge in [-0.1, -0.05) is 11.8 Å². The summed E-state index contributed by atoms with van der Waals surface area (Å²) >= 11 is 0. The molecule has 0 aliphatic carbocycles. The van der Waals surface area contributed by atoms with E-state index in [0.29, 0.717) is 6.92 Å². The van der Waals surface area contributed by atoms with Crippen LogP contribution in [0.3, 0.4) is 0 Å². The summed E-state index contributed by atoms with van der Waals surface area (Å²) in [6.45, 7) is 0.715. The number of carbonyl (C=O) groups excluding carboxylic acids is 1. The van der Waals surface area contributed by atoms with Gasteiger partial charge in [0.2, 0.25) is 0 Å². The first kappa shape index (κ1) is 15.2. The van der Waals surface area contributed by atoms with Crippen LogP contribution in [0.4, 0.5) is 22.0 Å². The lowest BCUT2D eigenvalue weighted by Crippen LogP contribution is -2.22. The van der Waals surface area contributed by atoms with Gasteiger partial charge in [-0.2, -0.15) is 13.2 Å². The van der Waals surface area contributed by atoms with Gasteiger partial charge >= 0.3 is 6.18 Å². The minimum atomic E-state index is -4.93. The zero-order valence-electron chi connectivity index (χ0n) is 9.81. The van der Waals surface area contributed by atoms with E-state index in [0.717, 1.165) is 12.1 Å². The number of rotatable bonds is 2. The SMILES string of the molecule is CC(F)(F)CC#Cc1ccc(C(=O)C(F)(F)F)cc1.